The van der Waals surface area contributed by atoms with Gasteiger partial charge in [0.15, 0.2) is 0 Å². The van der Waals surface area contributed by atoms with Gasteiger partial charge in [0.2, 0.25) is 0 Å². The highest BCUT2D eigenvalue weighted by Crippen LogP contribution is 2.33. The predicted octanol–water partition coefficient (Wildman–Crippen LogP) is 4.44. The van der Waals surface area contributed by atoms with Crippen LogP contribution in [0, 0.1) is 13.8 Å². The second-order valence-electron chi connectivity index (χ2n) is 4.69. The van der Waals surface area contributed by atoms with Gasteiger partial charge in [0, 0.05) is 11.3 Å². The van der Waals surface area contributed by atoms with E-state index in [0.717, 1.165) is 11.1 Å². The molecule has 20 heavy (non-hydrogen) atoms. The maximum atomic E-state index is 12.2. The van der Waals surface area contributed by atoms with Gasteiger partial charge in [-0.3, -0.25) is 4.79 Å². The van der Waals surface area contributed by atoms with Crippen molar-refractivity contribution in [3.63, 3.8) is 0 Å². The van der Waals surface area contributed by atoms with Crippen molar-refractivity contribution in [2.45, 2.75) is 13.8 Å². The number of rotatable bonds is 2. The normalized spacial score (nSPS) is 10.4. The highest BCUT2D eigenvalue weighted by Gasteiger charge is 2.13. The first-order valence-electron chi connectivity index (χ1n) is 6.01. The predicted molar refractivity (Wildman–Crippen MR) is 84.7 cm³/mol. The van der Waals surface area contributed by atoms with Gasteiger partial charge in [-0.25, -0.2) is 0 Å². The molecule has 0 spiro atoms. The standard InChI is InChI=1S/C15H14Cl2N2O/c1-8-3-9(2)5-10(4-8)15(20)19-14-12(16)6-11(18)7-13(14)17/h3-7H,18H2,1-2H3,(H,19,20). The number of carbonyl (C=O) groups is 1. The van der Waals surface area contributed by atoms with Crippen molar-refractivity contribution >= 4 is 40.5 Å². The molecule has 2 rings (SSSR count). The van der Waals surface area contributed by atoms with Crippen LogP contribution in [0.2, 0.25) is 10.0 Å². The van der Waals surface area contributed by atoms with Gasteiger partial charge in [-0.1, -0.05) is 40.4 Å². The summed E-state index contributed by atoms with van der Waals surface area (Å²) in [6.07, 6.45) is 0. The number of carbonyl (C=O) groups excluding carboxylic acids is 1. The smallest absolute Gasteiger partial charge is 0.255 e. The fourth-order valence-corrected chi connectivity index (χ4v) is 2.60. The summed E-state index contributed by atoms with van der Waals surface area (Å²) in [6, 6.07) is 8.71. The van der Waals surface area contributed by atoms with Crippen LogP contribution in [0.3, 0.4) is 0 Å². The summed E-state index contributed by atoms with van der Waals surface area (Å²) >= 11 is 12.1. The van der Waals surface area contributed by atoms with Gasteiger partial charge in [-0.2, -0.15) is 0 Å². The van der Waals surface area contributed by atoms with Gasteiger partial charge in [-0.05, 0) is 38.1 Å². The SMILES string of the molecule is Cc1cc(C)cc(C(=O)Nc2c(Cl)cc(N)cc2Cl)c1. The molecule has 2 aromatic carbocycles. The van der Waals surface area contributed by atoms with E-state index in [0.29, 0.717) is 27.0 Å². The number of nitrogen functional groups attached to an aromatic ring is 1. The van der Waals surface area contributed by atoms with Crippen LogP contribution in [0.25, 0.3) is 0 Å². The summed E-state index contributed by atoms with van der Waals surface area (Å²) in [4.78, 5) is 12.2. The Labute approximate surface area is 127 Å². The lowest BCUT2D eigenvalue weighted by atomic mass is 10.1. The van der Waals surface area contributed by atoms with Gasteiger partial charge in [0.1, 0.15) is 0 Å². The molecule has 0 aliphatic carbocycles. The van der Waals surface area contributed by atoms with E-state index in [1.54, 1.807) is 24.3 Å². The summed E-state index contributed by atoms with van der Waals surface area (Å²) in [7, 11) is 0. The van der Waals surface area contributed by atoms with E-state index in [2.05, 4.69) is 5.32 Å². The van der Waals surface area contributed by atoms with E-state index in [9.17, 15) is 4.79 Å². The third-order valence-electron chi connectivity index (χ3n) is 2.79. The van der Waals surface area contributed by atoms with E-state index < -0.39 is 0 Å². The molecule has 0 bridgehead atoms. The Hall–Kier alpha value is -1.71. The van der Waals surface area contributed by atoms with Crippen molar-refractivity contribution in [2.75, 3.05) is 11.1 Å². The summed E-state index contributed by atoms with van der Waals surface area (Å²) in [6.45, 7) is 3.87. The number of hydrogen-bond donors (Lipinski definition) is 2. The first-order valence-corrected chi connectivity index (χ1v) is 6.76. The van der Waals surface area contributed by atoms with Gasteiger partial charge in [-0.15, -0.1) is 0 Å². The molecule has 0 saturated heterocycles. The maximum Gasteiger partial charge on any atom is 0.255 e. The third kappa shape index (κ3) is 3.24. The molecule has 0 heterocycles. The van der Waals surface area contributed by atoms with Crippen LogP contribution in [-0.2, 0) is 0 Å². The molecular formula is C15H14Cl2N2O. The number of benzene rings is 2. The highest BCUT2D eigenvalue weighted by atomic mass is 35.5. The van der Waals surface area contributed by atoms with Crippen molar-refractivity contribution in [1.29, 1.82) is 0 Å². The van der Waals surface area contributed by atoms with Crippen LogP contribution >= 0.6 is 23.2 Å². The summed E-state index contributed by atoms with van der Waals surface area (Å²) < 4.78 is 0. The average Bonchev–Trinajstić information content (AvgIpc) is 2.32. The quantitative estimate of drug-likeness (QED) is 0.806. The van der Waals surface area contributed by atoms with Crippen molar-refractivity contribution in [1.82, 2.24) is 0 Å². The van der Waals surface area contributed by atoms with Gasteiger partial charge in [0.05, 0.1) is 15.7 Å². The van der Waals surface area contributed by atoms with Crippen LogP contribution in [0.4, 0.5) is 11.4 Å². The Bertz CT molecular complexity index is 640. The van der Waals surface area contributed by atoms with Crippen LogP contribution < -0.4 is 11.1 Å². The molecule has 0 radical (unpaired) electrons. The van der Waals surface area contributed by atoms with E-state index in [4.69, 9.17) is 28.9 Å². The van der Waals surface area contributed by atoms with Crippen LogP contribution in [0.5, 0.6) is 0 Å². The number of anilines is 2. The lowest BCUT2D eigenvalue weighted by molar-refractivity contribution is 0.102. The van der Waals surface area contributed by atoms with Crippen LogP contribution in [0.1, 0.15) is 21.5 Å². The Balaban J connectivity index is 2.32. The van der Waals surface area contributed by atoms with E-state index in [-0.39, 0.29) is 5.91 Å². The molecule has 5 heteroatoms. The zero-order chi connectivity index (χ0) is 14.9. The van der Waals surface area contributed by atoms with Crippen LogP contribution in [0.15, 0.2) is 30.3 Å². The van der Waals surface area contributed by atoms with Gasteiger partial charge in [0.25, 0.3) is 5.91 Å². The second kappa shape index (κ2) is 5.73. The minimum Gasteiger partial charge on any atom is -0.399 e. The molecule has 2 aromatic rings. The monoisotopic (exact) mass is 308 g/mol. The first-order chi connectivity index (χ1) is 9.36. The minimum absolute atomic E-state index is 0.259. The number of nitrogens with two attached hydrogens (primary N) is 1. The molecule has 0 saturated carbocycles. The molecular weight excluding hydrogens is 295 g/mol. The molecule has 0 atom stereocenters. The largest absolute Gasteiger partial charge is 0.399 e. The Morgan fingerprint density at radius 1 is 1.00 bits per heavy atom. The fourth-order valence-electron chi connectivity index (χ4n) is 2.00. The van der Waals surface area contributed by atoms with Crippen molar-refractivity contribution in [3.05, 3.63) is 57.1 Å². The van der Waals surface area contributed by atoms with E-state index in [1.165, 1.54) is 0 Å². The molecule has 0 unspecified atom stereocenters. The first kappa shape index (κ1) is 14.7. The number of aryl methyl sites for hydroxylation is 2. The summed E-state index contributed by atoms with van der Waals surface area (Å²) in [5.74, 6) is -0.259. The minimum atomic E-state index is -0.259. The topological polar surface area (TPSA) is 55.1 Å². The Kier molecular flexibility index (Phi) is 4.21. The molecule has 0 aliphatic heterocycles. The average molecular weight is 309 g/mol. The number of nitrogens with one attached hydrogen (secondary N) is 1. The molecule has 3 N–H and O–H groups in total. The molecule has 1 amide bonds. The lowest BCUT2D eigenvalue weighted by Gasteiger charge is -2.11. The molecule has 104 valence electrons. The molecule has 3 nitrogen and oxygen atoms in total. The van der Waals surface area contributed by atoms with E-state index in [1.807, 2.05) is 19.9 Å². The zero-order valence-electron chi connectivity index (χ0n) is 11.1. The Morgan fingerprint density at radius 3 is 2.00 bits per heavy atom. The highest BCUT2D eigenvalue weighted by molar-refractivity contribution is 6.40. The number of amides is 1. The zero-order valence-corrected chi connectivity index (χ0v) is 12.6. The summed E-state index contributed by atoms with van der Waals surface area (Å²) in [5, 5.41) is 3.34. The van der Waals surface area contributed by atoms with Crippen molar-refractivity contribution in [3.8, 4) is 0 Å². The Morgan fingerprint density at radius 2 is 1.50 bits per heavy atom. The molecule has 0 aromatic heterocycles. The van der Waals surface area contributed by atoms with Crippen molar-refractivity contribution < 1.29 is 4.79 Å². The maximum absolute atomic E-state index is 12.2. The second-order valence-corrected chi connectivity index (χ2v) is 5.50. The van der Waals surface area contributed by atoms with Gasteiger partial charge >= 0.3 is 0 Å². The fraction of sp³-hybridized carbons (Fsp3) is 0.133. The molecule has 0 fully saturated rings. The van der Waals surface area contributed by atoms with Crippen molar-refractivity contribution in [2.24, 2.45) is 0 Å². The molecule has 0 aliphatic rings. The van der Waals surface area contributed by atoms with Gasteiger partial charge < -0.3 is 11.1 Å². The van der Waals surface area contributed by atoms with E-state index >= 15 is 0 Å². The van der Waals surface area contributed by atoms with Crippen LogP contribution in [-0.4, -0.2) is 5.91 Å². The lowest BCUT2D eigenvalue weighted by Crippen LogP contribution is -2.13. The summed E-state index contributed by atoms with van der Waals surface area (Å²) in [5.41, 5.74) is 9.04. The number of halogens is 2. The number of hydrogen-bond acceptors (Lipinski definition) is 2. The third-order valence-corrected chi connectivity index (χ3v) is 3.38.